The first-order valence-corrected chi connectivity index (χ1v) is 6.50. The number of thiazole rings is 1. The van der Waals surface area contributed by atoms with Crippen LogP contribution in [0.25, 0.3) is 0 Å². The molecule has 0 spiro atoms. The van der Waals surface area contributed by atoms with E-state index in [2.05, 4.69) is 15.6 Å². The van der Waals surface area contributed by atoms with E-state index in [-0.39, 0.29) is 5.91 Å². The Kier molecular flexibility index (Phi) is 3.90. The largest absolute Gasteiger partial charge is 0.350 e. The van der Waals surface area contributed by atoms with Crippen LogP contribution in [-0.2, 0) is 11.3 Å². The Morgan fingerprint density at radius 3 is 3.25 bits per heavy atom. The average Bonchev–Trinajstić information content (AvgIpc) is 2.87. The molecule has 0 aromatic carbocycles. The summed E-state index contributed by atoms with van der Waals surface area (Å²) in [7, 11) is 0. The fourth-order valence-corrected chi connectivity index (χ4v) is 2.59. The van der Waals surface area contributed by atoms with Gasteiger partial charge in [0.25, 0.3) is 0 Å². The van der Waals surface area contributed by atoms with Crippen molar-refractivity contribution < 1.29 is 4.79 Å². The second-order valence-corrected chi connectivity index (χ2v) is 5.16. The summed E-state index contributed by atoms with van der Waals surface area (Å²) in [6, 6.07) is 0. The Balaban J connectivity index is 1.71. The predicted octanol–water partition coefficient (Wildman–Crippen LogP) is 1.07. The van der Waals surface area contributed by atoms with Gasteiger partial charge in [-0.1, -0.05) is 0 Å². The fraction of sp³-hybridized carbons (Fsp3) is 0.636. The average molecular weight is 239 g/mol. The molecule has 4 nitrogen and oxygen atoms in total. The van der Waals surface area contributed by atoms with Gasteiger partial charge in [-0.15, -0.1) is 11.3 Å². The van der Waals surface area contributed by atoms with Crippen LogP contribution in [-0.4, -0.2) is 24.0 Å². The monoisotopic (exact) mass is 239 g/mol. The maximum Gasteiger partial charge on any atom is 0.220 e. The SMILES string of the molecule is Cc1csc(CNC(=O)CC2CCNC2)n1. The molecule has 1 aromatic heterocycles. The second kappa shape index (κ2) is 5.41. The highest BCUT2D eigenvalue weighted by Gasteiger charge is 2.17. The lowest BCUT2D eigenvalue weighted by Gasteiger charge is -2.07. The van der Waals surface area contributed by atoms with Crippen molar-refractivity contribution in [1.82, 2.24) is 15.6 Å². The summed E-state index contributed by atoms with van der Waals surface area (Å²) in [4.78, 5) is 15.9. The van der Waals surface area contributed by atoms with Crippen LogP contribution in [0.1, 0.15) is 23.5 Å². The van der Waals surface area contributed by atoms with Crippen LogP contribution in [0.15, 0.2) is 5.38 Å². The lowest BCUT2D eigenvalue weighted by molar-refractivity contribution is -0.122. The summed E-state index contributed by atoms with van der Waals surface area (Å²) < 4.78 is 0. The van der Waals surface area contributed by atoms with E-state index in [0.29, 0.717) is 18.9 Å². The third-order valence-corrected chi connectivity index (χ3v) is 3.71. The summed E-state index contributed by atoms with van der Waals surface area (Å²) in [5, 5.41) is 9.17. The van der Waals surface area contributed by atoms with Crippen molar-refractivity contribution in [2.24, 2.45) is 5.92 Å². The van der Waals surface area contributed by atoms with Gasteiger partial charge in [-0.2, -0.15) is 0 Å². The summed E-state index contributed by atoms with van der Waals surface area (Å²) in [5.74, 6) is 0.652. The summed E-state index contributed by atoms with van der Waals surface area (Å²) in [6.07, 6.45) is 1.75. The molecule has 5 heteroatoms. The Bertz CT molecular complexity index is 358. The number of aromatic nitrogens is 1. The topological polar surface area (TPSA) is 54.0 Å². The van der Waals surface area contributed by atoms with Gasteiger partial charge >= 0.3 is 0 Å². The molecule has 0 aliphatic carbocycles. The predicted molar refractivity (Wildman–Crippen MR) is 64.3 cm³/mol. The molecule has 1 saturated heterocycles. The van der Waals surface area contributed by atoms with E-state index < -0.39 is 0 Å². The Hall–Kier alpha value is -0.940. The van der Waals surface area contributed by atoms with Gasteiger partial charge in [-0.3, -0.25) is 4.79 Å². The van der Waals surface area contributed by atoms with Gasteiger partial charge in [-0.25, -0.2) is 4.98 Å². The number of carbonyl (C=O) groups excluding carboxylic acids is 1. The number of carbonyl (C=O) groups is 1. The first-order chi connectivity index (χ1) is 7.74. The van der Waals surface area contributed by atoms with Gasteiger partial charge in [0.2, 0.25) is 5.91 Å². The van der Waals surface area contributed by atoms with E-state index in [9.17, 15) is 4.79 Å². The Morgan fingerprint density at radius 2 is 2.62 bits per heavy atom. The number of rotatable bonds is 4. The lowest BCUT2D eigenvalue weighted by Crippen LogP contribution is -2.25. The van der Waals surface area contributed by atoms with E-state index >= 15 is 0 Å². The van der Waals surface area contributed by atoms with Gasteiger partial charge in [0.15, 0.2) is 0 Å². The van der Waals surface area contributed by atoms with Crippen LogP contribution in [0, 0.1) is 12.8 Å². The minimum atomic E-state index is 0.140. The zero-order valence-corrected chi connectivity index (χ0v) is 10.3. The summed E-state index contributed by atoms with van der Waals surface area (Å²) in [6.45, 7) is 4.55. The lowest BCUT2D eigenvalue weighted by atomic mass is 10.0. The summed E-state index contributed by atoms with van der Waals surface area (Å²) >= 11 is 1.60. The van der Waals surface area contributed by atoms with Crippen LogP contribution in [0.2, 0.25) is 0 Å². The smallest absolute Gasteiger partial charge is 0.220 e. The number of nitrogens with zero attached hydrogens (tertiary/aromatic N) is 1. The first kappa shape index (κ1) is 11.5. The number of nitrogens with one attached hydrogen (secondary N) is 2. The molecule has 16 heavy (non-hydrogen) atoms. The molecule has 88 valence electrons. The second-order valence-electron chi connectivity index (χ2n) is 4.22. The van der Waals surface area contributed by atoms with E-state index in [0.717, 1.165) is 30.2 Å². The highest BCUT2D eigenvalue weighted by molar-refractivity contribution is 7.09. The van der Waals surface area contributed by atoms with Crippen molar-refractivity contribution in [3.8, 4) is 0 Å². The molecular weight excluding hydrogens is 222 g/mol. The third kappa shape index (κ3) is 3.28. The molecule has 1 amide bonds. The van der Waals surface area contributed by atoms with Crippen molar-refractivity contribution in [2.45, 2.75) is 26.3 Å². The number of hydrogen-bond donors (Lipinski definition) is 2. The first-order valence-electron chi connectivity index (χ1n) is 5.62. The fourth-order valence-electron chi connectivity index (χ4n) is 1.88. The van der Waals surface area contributed by atoms with Crippen molar-refractivity contribution in [3.05, 3.63) is 16.1 Å². The van der Waals surface area contributed by atoms with E-state index in [4.69, 9.17) is 0 Å². The van der Waals surface area contributed by atoms with Crippen molar-refractivity contribution >= 4 is 17.2 Å². The molecule has 1 aliphatic heterocycles. The van der Waals surface area contributed by atoms with E-state index in [1.807, 2.05) is 12.3 Å². The Labute approximate surface area is 99.5 Å². The standard InChI is InChI=1S/C11H17N3OS/c1-8-7-16-11(14-8)6-13-10(15)4-9-2-3-12-5-9/h7,9,12H,2-6H2,1H3,(H,13,15). The van der Waals surface area contributed by atoms with Crippen LogP contribution in [0.3, 0.4) is 0 Å². The quantitative estimate of drug-likeness (QED) is 0.826. The van der Waals surface area contributed by atoms with Gasteiger partial charge in [-0.05, 0) is 32.4 Å². The molecule has 2 rings (SSSR count). The van der Waals surface area contributed by atoms with E-state index in [1.165, 1.54) is 0 Å². The molecule has 2 N–H and O–H groups in total. The molecule has 1 atom stereocenters. The van der Waals surface area contributed by atoms with Gasteiger partial charge in [0.1, 0.15) is 5.01 Å². The number of amides is 1. The highest BCUT2D eigenvalue weighted by atomic mass is 32.1. The molecular formula is C11H17N3OS. The maximum absolute atomic E-state index is 11.6. The van der Waals surface area contributed by atoms with Crippen molar-refractivity contribution in [1.29, 1.82) is 0 Å². The molecule has 1 aromatic rings. The van der Waals surface area contributed by atoms with Crippen LogP contribution in [0.5, 0.6) is 0 Å². The van der Waals surface area contributed by atoms with Crippen LogP contribution >= 0.6 is 11.3 Å². The minimum absolute atomic E-state index is 0.140. The molecule has 0 bridgehead atoms. The summed E-state index contributed by atoms with van der Waals surface area (Å²) in [5.41, 5.74) is 1.02. The minimum Gasteiger partial charge on any atom is -0.350 e. The van der Waals surface area contributed by atoms with Gasteiger partial charge in [0.05, 0.1) is 6.54 Å². The number of aryl methyl sites for hydroxylation is 1. The van der Waals surface area contributed by atoms with Gasteiger partial charge < -0.3 is 10.6 Å². The number of hydrogen-bond acceptors (Lipinski definition) is 4. The molecule has 2 heterocycles. The normalized spacial score (nSPS) is 19.9. The molecule has 1 fully saturated rings. The molecule has 1 aliphatic rings. The van der Waals surface area contributed by atoms with Gasteiger partial charge in [0, 0.05) is 17.5 Å². The zero-order valence-electron chi connectivity index (χ0n) is 9.45. The maximum atomic E-state index is 11.6. The zero-order chi connectivity index (χ0) is 11.4. The van der Waals surface area contributed by atoms with Crippen LogP contribution < -0.4 is 10.6 Å². The van der Waals surface area contributed by atoms with Crippen LogP contribution in [0.4, 0.5) is 0 Å². The van der Waals surface area contributed by atoms with Crippen molar-refractivity contribution in [3.63, 3.8) is 0 Å². The Morgan fingerprint density at radius 1 is 1.75 bits per heavy atom. The van der Waals surface area contributed by atoms with Crippen molar-refractivity contribution in [2.75, 3.05) is 13.1 Å². The molecule has 1 unspecified atom stereocenters. The highest BCUT2D eigenvalue weighted by Crippen LogP contribution is 2.12. The van der Waals surface area contributed by atoms with E-state index in [1.54, 1.807) is 11.3 Å². The molecule has 0 radical (unpaired) electrons. The third-order valence-electron chi connectivity index (χ3n) is 2.74. The molecule has 0 saturated carbocycles.